The zero-order valence-corrected chi connectivity index (χ0v) is 17.8. The van der Waals surface area contributed by atoms with E-state index in [1.54, 1.807) is 6.07 Å². The van der Waals surface area contributed by atoms with Gasteiger partial charge in [-0.15, -0.1) is 0 Å². The summed E-state index contributed by atoms with van der Waals surface area (Å²) in [5.74, 6) is 0.792. The van der Waals surface area contributed by atoms with Gasteiger partial charge in [-0.1, -0.05) is 0 Å². The summed E-state index contributed by atoms with van der Waals surface area (Å²) in [6, 6.07) is 8.46. The molecule has 156 valence electrons. The Hall–Kier alpha value is -2.29. The number of benzene rings is 1. The van der Waals surface area contributed by atoms with Gasteiger partial charge < -0.3 is 20.5 Å². The third-order valence-corrected chi connectivity index (χ3v) is 7.53. The first-order valence-corrected chi connectivity index (χ1v) is 10.7. The number of aromatic nitrogens is 2. The molecule has 30 heavy (non-hydrogen) atoms. The third-order valence-electron chi connectivity index (χ3n) is 6.90. The molecule has 2 aliphatic rings. The number of hydrogen-bond acceptors (Lipinski definition) is 5. The van der Waals surface area contributed by atoms with Gasteiger partial charge in [0, 0.05) is 17.0 Å². The summed E-state index contributed by atoms with van der Waals surface area (Å²) in [4.78, 5) is 8.29. The smallest absolute Gasteiger partial charge is 0.138 e. The van der Waals surface area contributed by atoms with Gasteiger partial charge in [-0.05, 0) is 83.7 Å². The number of nitrogens with zero attached hydrogens (tertiary/aromatic N) is 3. The molecular formula is C22H22BrFN4O2. The molecule has 0 unspecified atom stereocenters. The molecule has 4 N–H and O–H groups in total. The number of hydrogen-bond donors (Lipinski definition) is 3. The van der Waals surface area contributed by atoms with Gasteiger partial charge in [0.05, 0.1) is 22.1 Å². The molecule has 3 aromatic rings. The Morgan fingerprint density at radius 2 is 2.17 bits per heavy atom. The monoisotopic (exact) mass is 472 g/mol. The molecule has 5 atom stereocenters. The first-order chi connectivity index (χ1) is 14.4. The van der Waals surface area contributed by atoms with Crippen LogP contribution in [0.2, 0.25) is 0 Å². The maximum absolute atomic E-state index is 14.6. The summed E-state index contributed by atoms with van der Waals surface area (Å²) in [6.07, 6.45) is 2.22. The lowest BCUT2D eigenvalue weighted by molar-refractivity contribution is -0.0194. The third kappa shape index (κ3) is 2.81. The SMILES string of the molecule is C=Nc1cccn1[C@H]1[C@H](O)[C@H](O)[C@@]2(CCc3cc(F)c4cc(Br)c(N)nc4c3)C[C@H]12. The van der Waals surface area contributed by atoms with Gasteiger partial charge in [0.1, 0.15) is 23.6 Å². The molecule has 2 aromatic heterocycles. The van der Waals surface area contributed by atoms with Crippen molar-refractivity contribution in [3.8, 4) is 0 Å². The van der Waals surface area contributed by atoms with Crippen LogP contribution in [0.25, 0.3) is 10.9 Å². The number of rotatable bonds is 5. The van der Waals surface area contributed by atoms with Crippen LogP contribution in [0.4, 0.5) is 16.0 Å². The fraction of sp³-hybridized carbons (Fsp3) is 0.364. The van der Waals surface area contributed by atoms with E-state index in [4.69, 9.17) is 5.73 Å². The second kappa shape index (κ2) is 6.87. The predicted molar refractivity (Wildman–Crippen MR) is 117 cm³/mol. The number of aliphatic imine (C=N–C) groups is 1. The van der Waals surface area contributed by atoms with Crippen LogP contribution in [-0.4, -0.2) is 38.7 Å². The molecule has 1 aromatic carbocycles. The number of halogens is 2. The summed E-state index contributed by atoms with van der Waals surface area (Å²) in [5.41, 5.74) is 6.79. The second-order valence-corrected chi connectivity index (χ2v) is 9.26. The van der Waals surface area contributed by atoms with E-state index in [1.807, 2.05) is 29.0 Å². The molecule has 0 radical (unpaired) electrons. The highest BCUT2D eigenvalue weighted by molar-refractivity contribution is 9.10. The minimum Gasteiger partial charge on any atom is -0.390 e. The van der Waals surface area contributed by atoms with Crippen LogP contribution in [-0.2, 0) is 6.42 Å². The van der Waals surface area contributed by atoms with E-state index in [-0.39, 0.29) is 23.2 Å². The molecule has 0 aliphatic heterocycles. The highest BCUT2D eigenvalue weighted by atomic mass is 79.9. The highest BCUT2D eigenvalue weighted by Gasteiger charge is 2.70. The van der Waals surface area contributed by atoms with Gasteiger partial charge >= 0.3 is 0 Å². The molecule has 0 amide bonds. The quantitative estimate of drug-likeness (QED) is 0.492. The van der Waals surface area contributed by atoms with E-state index >= 15 is 0 Å². The molecule has 2 saturated carbocycles. The van der Waals surface area contributed by atoms with Crippen LogP contribution in [0, 0.1) is 17.2 Å². The van der Waals surface area contributed by atoms with E-state index in [1.165, 1.54) is 6.07 Å². The zero-order valence-electron chi connectivity index (χ0n) is 16.2. The average molecular weight is 473 g/mol. The first kappa shape index (κ1) is 19.7. The summed E-state index contributed by atoms with van der Waals surface area (Å²) in [6.45, 7) is 3.59. The normalized spacial score (nSPS) is 29.9. The number of aliphatic hydroxyl groups excluding tert-OH is 2. The van der Waals surface area contributed by atoms with E-state index in [2.05, 4.69) is 32.6 Å². The Labute approximate surface area is 181 Å². The predicted octanol–water partition coefficient (Wildman–Crippen LogP) is 3.77. The number of fused-ring (bicyclic) bond motifs is 2. The maximum Gasteiger partial charge on any atom is 0.138 e. The number of aryl methyl sites for hydroxylation is 1. The van der Waals surface area contributed by atoms with Gasteiger partial charge in [-0.25, -0.2) is 14.4 Å². The standard InChI is InChI=1S/C22H22BrFN4O2/c1-26-17-3-2-6-28(17)18-13-10-22(13,20(30)19(18)29)5-4-11-7-15(24)12-9-14(23)21(25)27-16(12)8-11/h2-3,6-9,13,18-20,29-30H,1,4-5,10H2,(H2,25,27)/t13-,18-,19+,20+,22+/m1/s1. The molecule has 2 fully saturated rings. The van der Waals surface area contributed by atoms with Crippen molar-refractivity contribution in [2.45, 2.75) is 37.5 Å². The Balaban J connectivity index is 1.40. The fourth-order valence-corrected chi connectivity index (χ4v) is 5.60. The van der Waals surface area contributed by atoms with E-state index < -0.39 is 12.2 Å². The van der Waals surface area contributed by atoms with Crippen molar-refractivity contribution in [1.29, 1.82) is 0 Å². The Kier molecular flexibility index (Phi) is 4.50. The van der Waals surface area contributed by atoms with Gasteiger partial charge in [0.15, 0.2) is 0 Å². The fourth-order valence-electron chi connectivity index (χ4n) is 5.28. The number of pyridine rings is 1. The Morgan fingerprint density at radius 1 is 1.37 bits per heavy atom. The number of nitrogens with two attached hydrogens (primary N) is 1. The molecule has 8 heteroatoms. The zero-order chi connectivity index (χ0) is 21.2. The molecular weight excluding hydrogens is 451 g/mol. The van der Waals surface area contributed by atoms with Gasteiger partial charge in [-0.3, -0.25) is 0 Å². The summed E-state index contributed by atoms with van der Waals surface area (Å²) >= 11 is 3.28. The van der Waals surface area contributed by atoms with E-state index in [0.717, 1.165) is 12.0 Å². The molecule has 0 bridgehead atoms. The lowest BCUT2D eigenvalue weighted by atomic mass is 9.91. The van der Waals surface area contributed by atoms with Crippen LogP contribution in [0.1, 0.15) is 24.4 Å². The van der Waals surface area contributed by atoms with E-state index in [9.17, 15) is 14.6 Å². The Bertz CT molecular complexity index is 1170. The van der Waals surface area contributed by atoms with Crippen molar-refractivity contribution in [3.63, 3.8) is 0 Å². The van der Waals surface area contributed by atoms with Crippen molar-refractivity contribution < 1.29 is 14.6 Å². The summed E-state index contributed by atoms with van der Waals surface area (Å²) in [7, 11) is 0. The highest BCUT2D eigenvalue weighted by Crippen LogP contribution is 2.69. The minimum atomic E-state index is -0.871. The van der Waals surface area contributed by atoms with Crippen LogP contribution in [0.5, 0.6) is 0 Å². The lowest BCUT2D eigenvalue weighted by Crippen LogP contribution is -2.34. The largest absolute Gasteiger partial charge is 0.390 e. The van der Waals surface area contributed by atoms with Crippen LogP contribution in [0.15, 0.2) is 46.0 Å². The number of nitrogen functional groups attached to an aromatic ring is 1. The maximum atomic E-state index is 14.6. The summed E-state index contributed by atoms with van der Waals surface area (Å²) in [5, 5.41) is 22.0. The minimum absolute atomic E-state index is 0.144. The van der Waals surface area contributed by atoms with Crippen LogP contribution >= 0.6 is 15.9 Å². The van der Waals surface area contributed by atoms with Crippen molar-refractivity contribution in [3.05, 3.63) is 52.4 Å². The van der Waals surface area contributed by atoms with Gasteiger partial charge in [0.25, 0.3) is 0 Å². The van der Waals surface area contributed by atoms with Crippen molar-refractivity contribution in [1.82, 2.24) is 9.55 Å². The van der Waals surface area contributed by atoms with Crippen molar-refractivity contribution in [2.24, 2.45) is 16.3 Å². The molecule has 2 aliphatic carbocycles. The van der Waals surface area contributed by atoms with Crippen molar-refractivity contribution in [2.75, 3.05) is 5.73 Å². The molecule has 0 saturated heterocycles. The first-order valence-electron chi connectivity index (χ1n) is 9.89. The van der Waals surface area contributed by atoms with Crippen LogP contribution < -0.4 is 5.73 Å². The molecule has 5 rings (SSSR count). The number of anilines is 1. The summed E-state index contributed by atoms with van der Waals surface area (Å²) < 4.78 is 17.1. The van der Waals surface area contributed by atoms with Crippen LogP contribution in [0.3, 0.4) is 0 Å². The second-order valence-electron chi connectivity index (χ2n) is 8.40. The Morgan fingerprint density at radius 3 is 2.93 bits per heavy atom. The average Bonchev–Trinajstić information content (AvgIpc) is 3.16. The van der Waals surface area contributed by atoms with Gasteiger partial charge in [-0.2, -0.15) is 0 Å². The topological polar surface area (TPSA) is 96.7 Å². The van der Waals surface area contributed by atoms with Crippen molar-refractivity contribution >= 4 is 45.2 Å². The van der Waals surface area contributed by atoms with Gasteiger partial charge in [0.2, 0.25) is 0 Å². The molecule has 6 nitrogen and oxygen atoms in total. The molecule has 2 heterocycles. The molecule has 0 spiro atoms. The number of aliphatic hydroxyl groups is 2. The lowest BCUT2D eigenvalue weighted by Gasteiger charge is -2.25. The van der Waals surface area contributed by atoms with E-state index in [0.29, 0.717) is 39.9 Å².